The van der Waals surface area contributed by atoms with Crippen LogP contribution in [0.2, 0.25) is 0 Å². The van der Waals surface area contributed by atoms with Gasteiger partial charge in [0.05, 0.1) is 12.7 Å². The van der Waals surface area contributed by atoms with Crippen molar-refractivity contribution in [2.75, 3.05) is 0 Å². The Hall–Kier alpha value is -3.81. The second-order valence-corrected chi connectivity index (χ2v) is 6.81. The molecule has 0 atom stereocenters. The number of carbonyl (C=O) groups is 1. The van der Waals surface area contributed by atoms with Crippen molar-refractivity contribution in [1.82, 2.24) is 25.1 Å². The maximum Gasteiger partial charge on any atom is 0.220 e. The molecule has 0 fully saturated rings. The molecule has 7 nitrogen and oxygen atoms in total. The molecule has 30 heavy (non-hydrogen) atoms. The molecule has 0 aliphatic rings. The molecule has 0 saturated heterocycles. The number of nitrogens with one attached hydrogen (secondary N) is 1. The van der Waals surface area contributed by atoms with Crippen LogP contribution in [0.25, 0.3) is 11.3 Å². The predicted molar refractivity (Wildman–Crippen MR) is 108 cm³/mol. The molecule has 0 bridgehead atoms. The lowest BCUT2D eigenvalue weighted by molar-refractivity contribution is -0.121. The van der Waals surface area contributed by atoms with Crippen LogP contribution in [0.15, 0.2) is 71.8 Å². The number of benzene rings is 2. The van der Waals surface area contributed by atoms with Gasteiger partial charge in [0.2, 0.25) is 5.91 Å². The van der Waals surface area contributed by atoms with E-state index < -0.39 is 0 Å². The minimum atomic E-state index is -0.306. The van der Waals surface area contributed by atoms with Crippen molar-refractivity contribution in [2.24, 2.45) is 0 Å². The first-order chi connectivity index (χ1) is 14.7. The van der Waals surface area contributed by atoms with E-state index in [9.17, 15) is 9.18 Å². The van der Waals surface area contributed by atoms with Gasteiger partial charge in [-0.2, -0.15) is 5.10 Å². The van der Waals surface area contributed by atoms with Gasteiger partial charge in [0, 0.05) is 24.9 Å². The molecule has 0 aliphatic heterocycles. The molecule has 0 aliphatic carbocycles. The first-order valence-corrected chi connectivity index (χ1v) is 9.53. The van der Waals surface area contributed by atoms with Crippen LogP contribution in [0.4, 0.5) is 4.39 Å². The summed E-state index contributed by atoms with van der Waals surface area (Å²) >= 11 is 0. The Kier molecular flexibility index (Phi) is 5.93. The number of halogens is 1. The van der Waals surface area contributed by atoms with E-state index >= 15 is 0 Å². The van der Waals surface area contributed by atoms with Crippen LogP contribution in [0.5, 0.6) is 0 Å². The smallest absolute Gasteiger partial charge is 0.220 e. The highest BCUT2D eigenvalue weighted by Gasteiger charge is 2.09. The van der Waals surface area contributed by atoms with E-state index in [1.807, 2.05) is 24.3 Å². The second-order valence-electron chi connectivity index (χ2n) is 6.81. The summed E-state index contributed by atoms with van der Waals surface area (Å²) in [5.74, 6) is 0.640. The van der Waals surface area contributed by atoms with E-state index in [0.29, 0.717) is 31.2 Å². The fourth-order valence-corrected chi connectivity index (χ4v) is 2.95. The summed E-state index contributed by atoms with van der Waals surface area (Å²) in [6.45, 7) is 1.11. The topological polar surface area (TPSA) is 85.8 Å². The molecule has 0 unspecified atom stereocenters. The molecule has 8 heteroatoms. The van der Waals surface area contributed by atoms with E-state index in [1.165, 1.54) is 18.5 Å². The molecule has 0 saturated carbocycles. The number of nitrogens with zero attached hydrogens (tertiary/aromatic N) is 4. The molecule has 2 aromatic carbocycles. The van der Waals surface area contributed by atoms with E-state index in [4.69, 9.17) is 4.42 Å². The molecule has 2 heterocycles. The van der Waals surface area contributed by atoms with Crippen LogP contribution in [-0.2, 0) is 24.3 Å². The normalized spacial score (nSPS) is 10.8. The third-order valence-corrected chi connectivity index (χ3v) is 4.57. The molecule has 152 valence electrons. The summed E-state index contributed by atoms with van der Waals surface area (Å²) < 4.78 is 20.4. The van der Waals surface area contributed by atoms with Crippen molar-refractivity contribution in [3.63, 3.8) is 0 Å². The van der Waals surface area contributed by atoms with Crippen LogP contribution in [0.1, 0.15) is 23.4 Å². The number of carbonyl (C=O) groups excluding carboxylic acids is 1. The number of amides is 1. The Morgan fingerprint density at radius 1 is 1.07 bits per heavy atom. The number of rotatable bonds is 8. The number of hydrogen-bond acceptors (Lipinski definition) is 5. The quantitative estimate of drug-likeness (QED) is 0.486. The molecular formula is C22H20FN5O2. The zero-order valence-electron chi connectivity index (χ0n) is 16.2. The molecule has 4 rings (SSSR count). The van der Waals surface area contributed by atoms with E-state index in [-0.39, 0.29) is 18.1 Å². The molecule has 1 N–H and O–H groups in total. The summed E-state index contributed by atoms with van der Waals surface area (Å²) in [7, 11) is 0. The van der Waals surface area contributed by atoms with Crippen molar-refractivity contribution < 1.29 is 13.6 Å². The largest absolute Gasteiger partial charge is 0.441 e. The standard InChI is InChI=1S/C22H20FN5O2/c23-19-7-5-18(6-8-19)20-12-26-22(30-20)10-9-21(29)25-11-16-1-3-17(4-2-16)13-28-15-24-14-27-28/h1-8,12,14-15H,9-11,13H2,(H,25,29). The average molecular weight is 405 g/mol. The zero-order chi connectivity index (χ0) is 20.8. The lowest BCUT2D eigenvalue weighted by Crippen LogP contribution is -2.23. The fourth-order valence-electron chi connectivity index (χ4n) is 2.95. The van der Waals surface area contributed by atoms with Crippen molar-refractivity contribution >= 4 is 5.91 Å². The monoisotopic (exact) mass is 405 g/mol. The van der Waals surface area contributed by atoms with Gasteiger partial charge in [0.1, 0.15) is 18.5 Å². The fraction of sp³-hybridized carbons (Fsp3) is 0.182. The van der Waals surface area contributed by atoms with Crippen molar-refractivity contribution in [3.05, 3.63) is 90.2 Å². The maximum atomic E-state index is 13.0. The number of hydrogen-bond donors (Lipinski definition) is 1. The van der Waals surface area contributed by atoms with Crippen LogP contribution >= 0.6 is 0 Å². The summed E-state index contributed by atoms with van der Waals surface area (Å²) in [5.41, 5.74) is 2.86. The van der Waals surface area contributed by atoms with Crippen molar-refractivity contribution in [2.45, 2.75) is 25.9 Å². The van der Waals surface area contributed by atoms with E-state index in [0.717, 1.165) is 16.7 Å². The van der Waals surface area contributed by atoms with E-state index in [1.54, 1.807) is 29.3 Å². The first kappa shape index (κ1) is 19.5. The maximum absolute atomic E-state index is 13.0. The first-order valence-electron chi connectivity index (χ1n) is 9.53. The Bertz CT molecular complexity index is 1090. The Balaban J connectivity index is 1.23. The zero-order valence-corrected chi connectivity index (χ0v) is 16.2. The third-order valence-electron chi connectivity index (χ3n) is 4.57. The van der Waals surface area contributed by atoms with E-state index in [2.05, 4.69) is 20.4 Å². The molecule has 2 aromatic heterocycles. The van der Waals surface area contributed by atoms with Crippen molar-refractivity contribution in [1.29, 1.82) is 0 Å². The second kappa shape index (κ2) is 9.13. The molecule has 4 aromatic rings. The van der Waals surface area contributed by atoms with Gasteiger partial charge >= 0.3 is 0 Å². The highest BCUT2D eigenvalue weighted by molar-refractivity contribution is 5.76. The number of oxazole rings is 1. The van der Waals surface area contributed by atoms with Crippen LogP contribution in [-0.4, -0.2) is 25.7 Å². The minimum Gasteiger partial charge on any atom is -0.441 e. The molecule has 0 spiro atoms. The Morgan fingerprint density at radius 3 is 2.57 bits per heavy atom. The minimum absolute atomic E-state index is 0.0803. The van der Waals surface area contributed by atoms with Gasteiger partial charge in [0.15, 0.2) is 11.7 Å². The van der Waals surface area contributed by atoms with Gasteiger partial charge in [-0.1, -0.05) is 24.3 Å². The highest BCUT2D eigenvalue weighted by atomic mass is 19.1. The third kappa shape index (κ3) is 5.16. The SMILES string of the molecule is O=C(CCc1ncc(-c2ccc(F)cc2)o1)NCc1ccc(Cn2cncn2)cc1. The average Bonchev–Trinajstić information content (AvgIpc) is 3.44. The van der Waals surface area contributed by atoms with Crippen molar-refractivity contribution in [3.8, 4) is 11.3 Å². The van der Waals surface area contributed by atoms with Gasteiger partial charge in [-0.25, -0.2) is 19.0 Å². The van der Waals surface area contributed by atoms with Crippen LogP contribution in [0, 0.1) is 5.82 Å². The molecular weight excluding hydrogens is 385 g/mol. The number of aromatic nitrogens is 4. The predicted octanol–water partition coefficient (Wildman–Crippen LogP) is 3.37. The van der Waals surface area contributed by atoms with Gasteiger partial charge in [-0.3, -0.25) is 4.79 Å². The molecule has 1 amide bonds. The summed E-state index contributed by atoms with van der Waals surface area (Å²) in [4.78, 5) is 20.3. The Labute approximate surface area is 172 Å². The highest BCUT2D eigenvalue weighted by Crippen LogP contribution is 2.21. The molecule has 0 radical (unpaired) electrons. The lowest BCUT2D eigenvalue weighted by Gasteiger charge is -2.06. The van der Waals surface area contributed by atoms with Crippen LogP contribution < -0.4 is 5.32 Å². The van der Waals surface area contributed by atoms with Gasteiger partial charge < -0.3 is 9.73 Å². The van der Waals surface area contributed by atoms with Gasteiger partial charge in [0.25, 0.3) is 0 Å². The van der Waals surface area contributed by atoms with Gasteiger partial charge in [-0.15, -0.1) is 0 Å². The summed E-state index contributed by atoms with van der Waals surface area (Å²) in [5, 5.41) is 6.98. The van der Waals surface area contributed by atoms with Gasteiger partial charge in [-0.05, 0) is 35.4 Å². The van der Waals surface area contributed by atoms with Crippen LogP contribution in [0.3, 0.4) is 0 Å². The lowest BCUT2D eigenvalue weighted by atomic mass is 10.1. The number of aryl methyl sites for hydroxylation is 1. The Morgan fingerprint density at radius 2 is 1.83 bits per heavy atom. The summed E-state index contributed by atoms with van der Waals surface area (Å²) in [6, 6.07) is 14.0. The summed E-state index contributed by atoms with van der Waals surface area (Å²) in [6.07, 6.45) is 5.43.